The van der Waals surface area contributed by atoms with Crippen molar-refractivity contribution in [3.05, 3.63) is 66.6 Å². The van der Waals surface area contributed by atoms with E-state index in [0.717, 1.165) is 5.39 Å². The third kappa shape index (κ3) is 13.2. The highest BCUT2D eigenvalue weighted by Gasteiger charge is 2.40. The van der Waals surface area contributed by atoms with E-state index in [1.807, 2.05) is 29.2 Å². The zero-order valence-electron chi connectivity index (χ0n) is 43.8. The first-order chi connectivity index (χ1) is 31.6. The normalized spacial score (nSPS) is 14.3. The van der Waals surface area contributed by atoms with Crippen LogP contribution in [0.2, 0.25) is 36.3 Å². The molecule has 0 unspecified atom stereocenters. The van der Waals surface area contributed by atoms with Crippen molar-refractivity contribution in [2.75, 3.05) is 24.6 Å². The molecule has 69 heavy (non-hydrogen) atoms. The molecule has 18 heteroatoms. The molecule has 3 aromatic heterocycles. The molecule has 0 aliphatic carbocycles. The van der Waals surface area contributed by atoms with E-state index in [9.17, 15) is 24.4 Å². The van der Waals surface area contributed by atoms with Crippen LogP contribution in [0, 0.1) is 11.9 Å². The number of ether oxygens (including phenoxy) is 3. The number of benzene rings is 2. The second-order valence-electron chi connectivity index (χ2n) is 22.8. The molecule has 1 saturated heterocycles. The first-order valence-electron chi connectivity index (χ1n) is 23.7. The first-order valence-corrected chi connectivity index (χ1v) is 29.5. The molecule has 376 valence electrons. The number of aromatic nitrogens is 3. The van der Waals surface area contributed by atoms with Crippen LogP contribution in [0.4, 0.5) is 19.8 Å². The van der Waals surface area contributed by atoms with Crippen molar-refractivity contribution in [1.29, 1.82) is 0 Å². The van der Waals surface area contributed by atoms with Gasteiger partial charge in [0.25, 0.3) is 0 Å². The smallest absolute Gasteiger partial charge is 0.506 e. The average molecular weight is 989 g/mol. The number of halogens is 1. The van der Waals surface area contributed by atoms with E-state index in [4.69, 9.17) is 23.1 Å². The van der Waals surface area contributed by atoms with Gasteiger partial charge in [-0.2, -0.15) is 4.39 Å². The van der Waals surface area contributed by atoms with Gasteiger partial charge < -0.3 is 38.0 Å². The summed E-state index contributed by atoms with van der Waals surface area (Å²) in [5, 5.41) is 20.9. The fourth-order valence-electron chi connectivity index (χ4n) is 7.23. The Morgan fingerprint density at radius 2 is 1.16 bits per heavy atom. The van der Waals surface area contributed by atoms with E-state index in [1.165, 1.54) is 9.13 Å². The van der Waals surface area contributed by atoms with Crippen LogP contribution in [-0.2, 0) is 19.0 Å². The number of carbonyl (C=O) groups excluding carboxylic acids is 3. The summed E-state index contributed by atoms with van der Waals surface area (Å²) in [6.45, 7) is 35.7. The Morgan fingerprint density at radius 3 is 1.59 bits per heavy atom. The molecule has 0 radical (unpaired) electrons. The summed E-state index contributed by atoms with van der Waals surface area (Å²) in [7, 11) is -5.91. The standard InChI is InChI=1S/C32H44FN3O5Si.C19H30BNO5Si/c1-10-39-29(37)21-15-17-35(18-16-21)27-14-12-24(28(33)34-27)26-20-22-19-23(41-42(8,9)32(5,6)7)11-13-25(22)36(26)30(38)40-31(2,3)4;1-18(2,3)25-17(22)21-15-10-9-14(26-27(7,8)19(4,5)6)11-13(15)12-16(21)20(23)24/h11-14,19-21H,10,15-18H2,1-9H3;9-12,23-24H,1-8H3. The largest absolute Gasteiger partial charge is 0.543 e. The number of piperidine rings is 1. The molecule has 0 saturated carbocycles. The van der Waals surface area contributed by atoms with Crippen LogP contribution >= 0.6 is 0 Å². The van der Waals surface area contributed by atoms with Crippen LogP contribution in [0.5, 0.6) is 11.5 Å². The van der Waals surface area contributed by atoms with Crippen molar-refractivity contribution in [1.82, 2.24) is 14.1 Å². The second kappa shape index (κ2) is 20.3. The van der Waals surface area contributed by atoms with Crippen LogP contribution in [-0.4, -0.2) is 97.0 Å². The average Bonchev–Trinajstić information content (AvgIpc) is 3.78. The third-order valence-corrected chi connectivity index (χ3v) is 21.6. The van der Waals surface area contributed by atoms with Crippen LogP contribution in [0.25, 0.3) is 33.1 Å². The van der Waals surface area contributed by atoms with Gasteiger partial charge in [-0.1, -0.05) is 41.5 Å². The quantitative estimate of drug-likeness (QED) is 0.0623. The summed E-state index contributed by atoms with van der Waals surface area (Å²) in [5.74, 6) is 0.880. The number of rotatable bonds is 9. The topological polar surface area (TPSA) is 164 Å². The predicted octanol–water partition coefficient (Wildman–Crippen LogP) is 11.3. The predicted molar refractivity (Wildman–Crippen MR) is 277 cm³/mol. The van der Waals surface area contributed by atoms with E-state index in [1.54, 1.807) is 84.9 Å². The summed E-state index contributed by atoms with van der Waals surface area (Å²) < 4.78 is 47.5. The van der Waals surface area contributed by atoms with Gasteiger partial charge in [-0.3, -0.25) is 9.36 Å². The lowest BCUT2D eigenvalue weighted by Crippen LogP contribution is -2.43. The van der Waals surface area contributed by atoms with Gasteiger partial charge in [0.1, 0.15) is 28.5 Å². The molecule has 2 aromatic carbocycles. The molecule has 1 aliphatic heterocycles. The van der Waals surface area contributed by atoms with E-state index >= 15 is 4.39 Å². The highest BCUT2D eigenvalue weighted by molar-refractivity contribution is 6.75. The molecule has 0 amide bonds. The molecule has 5 aromatic rings. The summed E-state index contributed by atoms with van der Waals surface area (Å²) >= 11 is 0. The molecular weight excluding hydrogens is 915 g/mol. The number of carbonyl (C=O) groups is 3. The molecule has 2 N–H and O–H groups in total. The maximum absolute atomic E-state index is 15.7. The lowest BCUT2D eigenvalue weighted by molar-refractivity contribution is -0.148. The number of pyridine rings is 1. The molecule has 1 fully saturated rings. The van der Waals surface area contributed by atoms with Crippen molar-refractivity contribution < 1.29 is 51.9 Å². The molecular formula is C51H74BFN4O10Si2. The number of anilines is 1. The van der Waals surface area contributed by atoms with Gasteiger partial charge in [-0.25, -0.2) is 19.1 Å². The van der Waals surface area contributed by atoms with Gasteiger partial charge in [0.15, 0.2) is 0 Å². The Hall–Kier alpha value is -5.17. The monoisotopic (exact) mass is 989 g/mol. The summed E-state index contributed by atoms with van der Waals surface area (Å²) in [6.07, 6.45) is -0.0136. The molecule has 6 rings (SSSR count). The fourth-order valence-corrected chi connectivity index (χ4v) is 9.28. The van der Waals surface area contributed by atoms with E-state index in [2.05, 4.69) is 72.7 Å². The maximum atomic E-state index is 15.7. The number of hydrogen-bond donors (Lipinski definition) is 2. The van der Waals surface area contributed by atoms with Crippen LogP contribution in [0.15, 0.2) is 60.7 Å². The van der Waals surface area contributed by atoms with Crippen molar-refractivity contribution in [2.24, 2.45) is 5.92 Å². The van der Waals surface area contributed by atoms with Gasteiger partial charge in [0.2, 0.25) is 22.6 Å². The van der Waals surface area contributed by atoms with E-state index in [-0.39, 0.29) is 33.1 Å². The fraction of sp³-hybridized carbons (Fsp3) is 0.529. The SMILES string of the molecule is CC(C)(C)OC(=O)n1c(B(O)O)cc2cc(O[Si](C)(C)C(C)(C)C)ccc21.CCOC(=O)C1CCN(c2ccc(-c3cc4cc(O[Si](C)(C)C(C)(C)C)ccc4n3C(=O)OC(C)(C)C)c(F)n2)CC1. The molecule has 14 nitrogen and oxygen atoms in total. The molecule has 0 bridgehead atoms. The van der Waals surface area contributed by atoms with Crippen molar-refractivity contribution >= 4 is 75.1 Å². The molecule has 0 atom stereocenters. The number of nitrogens with zero attached hydrogens (tertiary/aromatic N) is 4. The lowest BCUT2D eigenvalue weighted by Gasteiger charge is -2.36. The van der Waals surface area contributed by atoms with Crippen LogP contribution < -0.4 is 19.3 Å². The highest BCUT2D eigenvalue weighted by atomic mass is 28.4. The lowest BCUT2D eigenvalue weighted by atomic mass is 9.86. The van der Waals surface area contributed by atoms with E-state index < -0.39 is 53.1 Å². The second-order valence-corrected chi connectivity index (χ2v) is 32.2. The van der Waals surface area contributed by atoms with Gasteiger partial charge in [-0.05, 0) is 158 Å². The Morgan fingerprint density at radius 1 is 0.696 bits per heavy atom. The molecule has 4 heterocycles. The van der Waals surface area contributed by atoms with E-state index in [0.29, 0.717) is 72.0 Å². The van der Waals surface area contributed by atoms with Gasteiger partial charge in [0.05, 0.1) is 40.4 Å². The van der Waals surface area contributed by atoms with Crippen LogP contribution in [0.3, 0.4) is 0 Å². The number of esters is 1. The van der Waals surface area contributed by atoms with Gasteiger partial charge in [-0.15, -0.1) is 0 Å². The van der Waals surface area contributed by atoms with Crippen molar-refractivity contribution in [3.63, 3.8) is 0 Å². The Kier molecular flexibility index (Phi) is 16.1. The zero-order valence-corrected chi connectivity index (χ0v) is 45.8. The maximum Gasteiger partial charge on any atom is 0.506 e. The van der Waals surface area contributed by atoms with Crippen LogP contribution in [0.1, 0.15) is 103 Å². The van der Waals surface area contributed by atoms with Gasteiger partial charge >= 0.3 is 25.3 Å². The number of hydrogen-bond acceptors (Lipinski definition) is 12. The minimum absolute atomic E-state index is 0.0141. The zero-order chi connectivity index (χ0) is 51.8. The summed E-state index contributed by atoms with van der Waals surface area (Å²) in [4.78, 5) is 44.4. The van der Waals surface area contributed by atoms with Crippen molar-refractivity contribution in [3.8, 4) is 22.8 Å². The van der Waals surface area contributed by atoms with Crippen molar-refractivity contribution in [2.45, 2.75) is 150 Å². The minimum Gasteiger partial charge on any atom is -0.543 e. The third-order valence-electron chi connectivity index (χ3n) is 12.9. The highest BCUT2D eigenvalue weighted by Crippen LogP contribution is 2.40. The molecule has 1 aliphatic rings. The molecule has 0 spiro atoms. The first kappa shape index (κ1) is 54.8. The number of fused-ring (bicyclic) bond motifs is 2. The summed E-state index contributed by atoms with van der Waals surface area (Å²) in [6, 6.07) is 17.7. The minimum atomic E-state index is -2.10. The van der Waals surface area contributed by atoms with Gasteiger partial charge in [0, 0.05) is 23.9 Å². The summed E-state index contributed by atoms with van der Waals surface area (Å²) in [5.41, 5.74) is 0.282. The Labute approximate surface area is 409 Å². The Bertz CT molecular complexity index is 2660. The Balaban J connectivity index is 0.000000284.